The van der Waals surface area contributed by atoms with Gasteiger partial charge in [-0.15, -0.1) is 0 Å². The molecule has 0 radical (unpaired) electrons. The van der Waals surface area contributed by atoms with Crippen molar-refractivity contribution in [1.29, 1.82) is 0 Å². The first-order valence-corrected chi connectivity index (χ1v) is 7.07. The molecule has 0 aliphatic heterocycles. The molecule has 1 heterocycles. The minimum atomic E-state index is -0.484. The van der Waals surface area contributed by atoms with Crippen LogP contribution in [0.1, 0.15) is 42.2 Å². The van der Waals surface area contributed by atoms with Crippen LogP contribution in [0.2, 0.25) is 0 Å². The highest BCUT2D eigenvalue weighted by Gasteiger charge is 2.14. The minimum absolute atomic E-state index is 0.224. The maximum Gasteiger partial charge on any atom is 0.0917 e. The van der Waals surface area contributed by atoms with Crippen molar-refractivity contribution in [2.45, 2.75) is 32.4 Å². The summed E-state index contributed by atoms with van der Waals surface area (Å²) in [6, 6.07) is 8.18. The van der Waals surface area contributed by atoms with Crippen molar-refractivity contribution >= 4 is 0 Å². The second-order valence-electron chi connectivity index (χ2n) is 5.19. The molecule has 0 aliphatic carbocycles. The summed E-state index contributed by atoms with van der Waals surface area (Å²) in [7, 11) is 1.92. The Balaban J connectivity index is 1.98. The Hall–Kier alpha value is -1.65. The van der Waals surface area contributed by atoms with Crippen LogP contribution in [0.4, 0.5) is 0 Å². The zero-order valence-electron chi connectivity index (χ0n) is 12.4. The van der Waals surface area contributed by atoms with E-state index in [0.29, 0.717) is 6.54 Å². The van der Waals surface area contributed by atoms with E-state index in [1.165, 1.54) is 0 Å². The van der Waals surface area contributed by atoms with Gasteiger partial charge in [0, 0.05) is 31.4 Å². The highest BCUT2D eigenvalue weighted by atomic mass is 16.3. The van der Waals surface area contributed by atoms with E-state index in [9.17, 15) is 5.11 Å². The van der Waals surface area contributed by atoms with E-state index in [4.69, 9.17) is 0 Å². The van der Waals surface area contributed by atoms with E-state index < -0.39 is 6.10 Å². The van der Waals surface area contributed by atoms with Crippen molar-refractivity contribution in [2.24, 2.45) is 7.05 Å². The van der Waals surface area contributed by atoms with E-state index in [1.807, 2.05) is 50.6 Å². The average molecular weight is 273 g/mol. The molecule has 0 fully saturated rings. The van der Waals surface area contributed by atoms with Gasteiger partial charge in [-0.3, -0.25) is 4.68 Å². The molecule has 0 saturated heterocycles. The molecule has 1 aromatic carbocycles. The van der Waals surface area contributed by atoms with E-state index in [1.54, 1.807) is 4.68 Å². The smallest absolute Gasteiger partial charge is 0.0917 e. The van der Waals surface area contributed by atoms with Gasteiger partial charge >= 0.3 is 0 Å². The predicted molar refractivity (Wildman–Crippen MR) is 80.4 cm³/mol. The molecule has 0 aliphatic rings. The maximum atomic E-state index is 10.3. The Morgan fingerprint density at radius 2 is 2.10 bits per heavy atom. The third kappa shape index (κ3) is 3.46. The quantitative estimate of drug-likeness (QED) is 0.850. The number of nitrogens with one attached hydrogen (secondary N) is 1. The number of nitrogens with zero attached hydrogens (tertiary/aromatic N) is 2. The van der Waals surface area contributed by atoms with Gasteiger partial charge < -0.3 is 10.4 Å². The largest absolute Gasteiger partial charge is 0.387 e. The summed E-state index contributed by atoms with van der Waals surface area (Å²) < 4.78 is 1.80. The van der Waals surface area contributed by atoms with Crippen molar-refractivity contribution in [3.8, 4) is 0 Å². The van der Waals surface area contributed by atoms with Gasteiger partial charge in [-0.25, -0.2) is 0 Å². The van der Waals surface area contributed by atoms with Crippen LogP contribution in [-0.2, 0) is 7.05 Å². The SMILES string of the molecule is CCC(NCC(O)c1ccccc1C)c1cnn(C)c1. The van der Waals surface area contributed by atoms with Gasteiger partial charge in [0.2, 0.25) is 0 Å². The monoisotopic (exact) mass is 273 g/mol. The lowest BCUT2D eigenvalue weighted by Gasteiger charge is -2.19. The van der Waals surface area contributed by atoms with Gasteiger partial charge in [-0.05, 0) is 24.5 Å². The molecule has 2 N–H and O–H groups in total. The molecule has 2 unspecified atom stereocenters. The summed E-state index contributed by atoms with van der Waals surface area (Å²) in [4.78, 5) is 0. The van der Waals surface area contributed by atoms with E-state index >= 15 is 0 Å². The van der Waals surface area contributed by atoms with Crippen LogP contribution < -0.4 is 5.32 Å². The first-order valence-electron chi connectivity index (χ1n) is 7.07. The standard InChI is InChI=1S/C16H23N3O/c1-4-15(13-9-18-19(3)11-13)17-10-16(20)14-8-6-5-7-12(14)2/h5-9,11,15-17,20H,4,10H2,1-3H3. The fraction of sp³-hybridized carbons (Fsp3) is 0.438. The van der Waals surface area contributed by atoms with Crippen LogP contribution in [0.15, 0.2) is 36.7 Å². The molecule has 4 heteroatoms. The van der Waals surface area contributed by atoms with Crippen molar-refractivity contribution in [2.75, 3.05) is 6.54 Å². The Kier molecular flexibility index (Phi) is 4.93. The van der Waals surface area contributed by atoms with Gasteiger partial charge in [-0.1, -0.05) is 31.2 Å². The zero-order chi connectivity index (χ0) is 14.5. The summed E-state index contributed by atoms with van der Waals surface area (Å²) in [5, 5.41) is 17.9. The summed E-state index contributed by atoms with van der Waals surface area (Å²) in [5.74, 6) is 0. The molecule has 0 spiro atoms. The molecule has 0 saturated carbocycles. The number of benzene rings is 1. The third-order valence-electron chi connectivity index (χ3n) is 3.64. The molecule has 2 rings (SSSR count). The van der Waals surface area contributed by atoms with E-state index in [0.717, 1.165) is 23.1 Å². The Morgan fingerprint density at radius 1 is 1.35 bits per heavy atom. The average Bonchev–Trinajstić information content (AvgIpc) is 2.86. The lowest BCUT2D eigenvalue weighted by molar-refractivity contribution is 0.168. The number of aryl methyl sites for hydroxylation is 2. The fourth-order valence-corrected chi connectivity index (χ4v) is 2.44. The predicted octanol–water partition coefficient (Wildman–Crippen LogP) is 2.50. The summed E-state index contributed by atoms with van der Waals surface area (Å²) >= 11 is 0. The van der Waals surface area contributed by atoms with Crippen molar-refractivity contribution in [3.63, 3.8) is 0 Å². The van der Waals surface area contributed by atoms with Gasteiger partial charge in [0.05, 0.1) is 12.3 Å². The van der Waals surface area contributed by atoms with Gasteiger partial charge in [-0.2, -0.15) is 5.10 Å². The first-order chi connectivity index (χ1) is 9.61. The molecule has 1 aromatic heterocycles. The van der Waals surface area contributed by atoms with Crippen LogP contribution in [0.3, 0.4) is 0 Å². The minimum Gasteiger partial charge on any atom is -0.387 e. The van der Waals surface area contributed by atoms with Gasteiger partial charge in [0.1, 0.15) is 0 Å². The number of aromatic nitrogens is 2. The maximum absolute atomic E-state index is 10.3. The number of aliphatic hydroxyl groups excluding tert-OH is 1. The fourth-order valence-electron chi connectivity index (χ4n) is 2.44. The van der Waals surface area contributed by atoms with Gasteiger partial charge in [0.25, 0.3) is 0 Å². The molecule has 0 amide bonds. The highest BCUT2D eigenvalue weighted by molar-refractivity contribution is 5.27. The Bertz CT molecular complexity index is 550. The normalized spacial score (nSPS) is 14.2. The summed E-state index contributed by atoms with van der Waals surface area (Å²) in [5.41, 5.74) is 3.27. The lowest BCUT2D eigenvalue weighted by atomic mass is 10.0. The first kappa shape index (κ1) is 14.8. The Labute approximate surface area is 120 Å². The third-order valence-corrected chi connectivity index (χ3v) is 3.64. The lowest BCUT2D eigenvalue weighted by Crippen LogP contribution is -2.26. The van der Waals surface area contributed by atoms with Crippen molar-refractivity contribution in [1.82, 2.24) is 15.1 Å². The number of aliphatic hydroxyl groups is 1. The molecule has 108 valence electrons. The second kappa shape index (κ2) is 6.68. The topological polar surface area (TPSA) is 50.1 Å². The molecule has 2 atom stereocenters. The number of hydrogen-bond donors (Lipinski definition) is 2. The van der Waals surface area contributed by atoms with Crippen LogP contribution in [0.25, 0.3) is 0 Å². The van der Waals surface area contributed by atoms with Crippen molar-refractivity contribution < 1.29 is 5.11 Å². The molecule has 20 heavy (non-hydrogen) atoms. The van der Waals surface area contributed by atoms with Crippen LogP contribution in [-0.4, -0.2) is 21.4 Å². The van der Waals surface area contributed by atoms with E-state index in [2.05, 4.69) is 17.3 Å². The van der Waals surface area contributed by atoms with Crippen LogP contribution in [0, 0.1) is 6.92 Å². The second-order valence-corrected chi connectivity index (χ2v) is 5.19. The highest BCUT2D eigenvalue weighted by Crippen LogP contribution is 2.19. The van der Waals surface area contributed by atoms with Crippen LogP contribution in [0.5, 0.6) is 0 Å². The summed E-state index contributed by atoms with van der Waals surface area (Å²) in [6.45, 7) is 4.69. The van der Waals surface area contributed by atoms with Crippen molar-refractivity contribution in [3.05, 3.63) is 53.3 Å². The van der Waals surface area contributed by atoms with Crippen LogP contribution >= 0.6 is 0 Å². The molecular formula is C16H23N3O. The van der Waals surface area contributed by atoms with Gasteiger partial charge in [0.15, 0.2) is 0 Å². The zero-order valence-corrected chi connectivity index (χ0v) is 12.4. The molecule has 2 aromatic rings. The number of rotatable bonds is 6. The van der Waals surface area contributed by atoms with E-state index in [-0.39, 0.29) is 6.04 Å². The molecule has 0 bridgehead atoms. The summed E-state index contributed by atoms with van der Waals surface area (Å²) in [6.07, 6.45) is 4.37. The molecular weight excluding hydrogens is 250 g/mol. The molecule has 4 nitrogen and oxygen atoms in total. The number of hydrogen-bond acceptors (Lipinski definition) is 3. The Morgan fingerprint density at radius 3 is 2.70 bits per heavy atom.